The Labute approximate surface area is 154 Å². The summed E-state index contributed by atoms with van der Waals surface area (Å²) in [5.41, 5.74) is 0. The van der Waals surface area contributed by atoms with Crippen LogP contribution in [-0.2, 0) is 6.54 Å². The van der Waals surface area contributed by atoms with Crippen LogP contribution in [0.15, 0.2) is 35.0 Å². The van der Waals surface area contributed by atoms with E-state index in [4.69, 9.17) is 4.42 Å². The molecular formula is C19H27N5O2. The summed E-state index contributed by atoms with van der Waals surface area (Å²) >= 11 is 0. The van der Waals surface area contributed by atoms with E-state index in [1.54, 1.807) is 18.5 Å². The summed E-state index contributed by atoms with van der Waals surface area (Å²) in [6, 6.07) is 5.62. The summed E-state index contributed by atoms with van der Waals surface area (Å²) in [4.78, 5) is 25.4. The molecule has 26 heavy (non-hydrogen) atoms. The lowest BCUT2D eigenvalue weighted by atomic mass is 10.1. The van der Waals surface area contributed by atoms with Crippen molar-refractivity contribution in [3.8, 4) is 0 Å². The first kappa shape index (κ1) is 18.4. The Morgan fingerprint density at radius 1 is 1.23 bits per heavy atom. The average Bonchev–Trinajstić information content (AvgIpc) is 3.16. The summed E-state index contributed by atoms with van der Waals surface area (Å²) in [6.45, 7) is 8.56. The van der Waals surface area contributed by atoms with Gasteiger partial charge in [0.25, 0.3) is 5.91 Å². The highest BCUT2D eigenvalue weighted by atomic mass is 16.4. The molecule has 1 fully saturated rings. The summed E-state index contributed by atoms with van der Waals surface area (Å²) in [5.74, 6) is 1.84. The predicted octanol–water partition coefficient (Wildman–Crippen LogP) is 2.31. The number of furan rings is 1. The summed E-state index contributed by atoms with van der Waals surface area (Å²) in [7, 11) is 0. The number of anilines is 1. The molecule has 2 aromatic heterocycles. The SMILES string of the molecule is CCN(CC)Cc1ccc(C(=O)NC2CCN(c3ncccn3)CC2)o1. The molecule has 0 atom stereocenters. The quantitative estimate of drug-likeness (QED) is 0.820. The maximum atomic E-state index is 12.4. The molecule has 0 saturated carbocycles. The van der Waals surface area contributed by atoms with Crippen LogP contribution in [0.1, 0.15) is 43.0 Å². The maximum Gasteiger partial charge on any atom is 0.287 e. The van der Waals surface area contributed by atoms with E-state index in [9.17, 15) is 4.79 Å². The summed E-state index contributed by atoms with van der Waals surface area (Å²) in [6.07, 6.45) is 5.25. The van der Waals surface area contributed by atoms with Crippen molar-refractivity contribution in [2.24, 2.45) is 0 Å². The number of piperidine rings is 1. The summed E-state index contributed by atoms with van der Waals surface area (Å²) < 4.78 is 5.73. The van der Waals surface area contributed by atoms with Crippen LogP contribution in [0.2, 0.25) is 0 Å². The highest BCUT2D eigenvalue weighted by Crippen LogP contribution is 2.16. The van der Waals surface area contributed by atoms with Crippen LogP contribution in [0.4, 0.5) is 5.95 Å². The number of carbonyl (C=O) groups excluding carboxylic acids is 1. The second-order valence-electron chi connectivity index (χ2n) is 6.51. The second kappa shape index (κ2) is 8.80. The first-order chi connectivity index (χ1) is 12.7. The molecule has 3 heterocycles. The Morgan fingerprint density at radius 2 is 1.92 bits per heavy atom. The molecule has 0 aromatic carbocycles. The number of hydrogen-bond acceptors (Lipinski definition) is 6. The largest absolute Gasteiger partial charge is 0.455 e. The molecule has 0 unspecified atom stereocenters. The van der Waals surface area contributed by atoms with Crippen molar-refractivity contribution in [1.29, 1.82) is 0 Å². The lowest BCUT2D eigenvalue weighted by Gasteiger charge is -2.32. The monoisotopic (exact) mass is 357 g/mol. The Morgan fingerprint density at radius 3 is 2.58 bits per heavy atom. The van der Waals surface area contributed by atoms with Crippen molar-refractivity contribution in [1.82, 2.24) is 20.2 Å². The van der Waals surface area contributed by atoms with Gasteiger partial charge in [0.1, 0.15) is 5.76 Å². The fourth-order valence-electron chi connectivity index (χ4n) is 3.19. The molecule has 0 bridgehead atoms. The Balaban J connectivity index is 1.49. The molecular weight excluding hydrogens is 330 g/mol. The molecule has 7 nitrogen and oxygen atoms in total. The lowest BCUT2D eigenvalue weighted by molar-refractivity contribution is 0.0899. The van der Waals surface area contributed by atoms with Crippen molar-refractivity contribution in [2.75, 3.05) is 31.1 Å². The molecule has 2 aromatic rings. The molecule has 1 aliphatic heterocycles. The first-order valence-electron chi connectivity index (χ1n) is 9.33. The zero-order valence-corrected chi connectivity index (χ0v) is 15.5. The van der Waals surface area contributed by atoms with Crippen LogP contribution in [0.3, 0.4) is 0 Å². The van der Waals surface area contributed by atoms with Gasteiger partial charge in [0.15, 0.2) is 5.76 Å². The van der Waals surface area contributed by atoms with Gasteiger partial charge in [0, 0.05) is 31.5 Å². The van der Waals surface area contributed by atoms with E-state index in [2.05, 4.69) is 38.9 Å². The van der Waals surface area contributed by atoms with E-state index in [0.717, 1.165) is 57.3 Å². The average molecular weight is 357 g/mol. The Kier molecular flexibility index (Phi) is 6.22. The number of hydrogen-bond donors (Lipinski definition) is 1. The van der Waals surface area contributed by atoms with Gasteiger partial charge in [-0.05, 0) is 44.1 Å². The van der Waals surface area contributed by atoms with Gasteiger partial charge in [-0.15, -0.1) is 0 Å². The second-order valence-corrected chi connectivity index (χ2v) is 6.51. The van der Waals surface area contributed by atoms with E-state index < -0.39 is 0 Å². The van der Waals surface area contributed by atoms with Crippen molar-refractivity contribution < 1.29 is 9.21 Å². The third-order valence-electron chi connectivity index (χ3n) is 4.82. The van der Waals surface area contributed by atoms with Gasteiger partial charge in [-0.1, -0.05) is 13.8 Å². The number of amides is 1. The number of nitrogens with one attached hydrogen (secondary N) is 1. The number of nitrogens with zero attached hydrogens (tertiary/aromatic N) is 4. The molecule has 140 valence electrons. The number of aromatic nitrogens is 2. The van der Waals surface area contributed by atoms with Gasteiger partial charge in [-0.2, -0.15) is 0 Å². The van der Waals surface area contributed by atoms with Crippen LogP contribution < -0.4 is 10.2 Å². The number of carbonyl (C=O) groups is 1. The summed E-state index contributed by atoms with van der Waals surface area (Å²) in [5, 5.41) is 3.09. The van der Waals surface area contributed by atoms with Gasteiger partial charge in [-0.3, -0.25) is 9.69 Å². The molecule has 1 N–H and O–H groups in total. The zero-order chi connectivity index (χ0) is 18.4. The molecule has 0 spiro atoms. The van der Waals surface area contributed by atoms with E-state index >= 15 is 0 Å². The number of rotatable bonds is 7. The lowest BCUT2D eigenvalue weighted by Crippen LogP contribution is -2.45. The minimum atomic E-state index is -0.134. The fourth-order valence-corrected chi connectivity index (χ4v) is 3.19. The minimum absolute atomic E-state index is 0.134. The minimum Gasteiger partial charge on any atom is -0.455 e. The zero-order valence-electron chi connectivity index (χ0n) is 15.5. The van der Waals surface area contributed by atoms with E-state index in [1.807, 2.05) is 12.1 Å². The molecule has 3 rings (SSSR count). The molecule has 1 amide bonds. The molecule has 0 radical (unpaired) electrons. The molecule has 0 aliphatic carbocycles. The maximum absolute atomic E-state index is 12.4. The van der Waals surface area contributed by atoms with Crippen molar-refractivity contribution in [3.63, 3.8) is 0 Å². The van der Waals surface area contributed by atoms with E-state index in [0.29, 0.717) is 5.76 Å². The van der Waals surface area contributed by atoms with Crippen molar-refractivity contribution in [3.05, 3.63) is 42.1 Å². The standard InChI is InChI=1S/C19H27N5O2/c1-3-23(4-2)14-16-6-7-17(26-16)18(25)22-15-8-12-24(13-9-15)19-20-10-5-11-21-19/h5-7,10-11,15H,3-4,8-9,12-14H2,1-2H3,(H,22,25). The van der Waals surface area contributed by atoms with Crippen LogP contribution in [0.5, 0.6) is 0 Å². The van der Waals surface area contributed by atoms with Gasteiger partial charge in [0.05, 0.1) is 6.54 Å². The molecule has 1 saturated heterocycles. The van der Waals surface area contributed by atoms with Gasteiger partial charge < -0.3 is 14.6 Å². The van der Waals surface area contributed by atoms with E-state index in [1.165, 1.54) is 0 Å². The van der Waals surface area contributed by atoms with Crippen molar-refractivity contribution in [2.45, 2.75) is 39.3 Å². The predicted molar refractivity (Wildman–Crippen MR) is 100 cm³/mol. The van der Waals surface area contributed by atoms with Crippen LogP contribution in [0, 0.1) is 0 Å². The highest BCUT2D eigenvalue weighted by Gasteiger charge is 2.23. The van der Waals surface area contributed by atoms with Gasteiger partial charge >= 0.3 is 0 Å². The third kappa shape index (κ3) is 4.60. The first-order valence-corrected chi connectivity index (χ1v) is 9.33. The Bertz CT molecular complexity index is 691. The Hall–Kier alpha value is -2.41. The third-order valence-corrected chi connectivity index (χ3v) is 4.82. The fraction of sp³-hybridized carbons (Fsp3) is 0.526. The van der Waals surface area contributed by atoms with Gasteiger partial charge in [-0.25, -0.2) is 9.97 Å². The van der Waals surface area contributed by atoms with Crippen LogP contribution in [0.25, 0.3) is 0 Å². The highest BCUT2D eigenvalue weighted by molar-refractivity contribution is 5.91. The van der Waals surface area contributed by atoms with Crippen molar-refractivity contribution >= 4 is 11.9 Å². The van der Waals surface area contributed by atoms with Crippen LogP contribution in [-0.4, -0.2) is 53.0 Å². The molecule has 1 aliphatic rings. The van der Waals surface area contributed by atoms with E-state index in [-0.39, 0.29) is 11.9 Å². The smallest absolute Gasteiger partial charge is 0.287 e. The van der Waals surface area contributed by atoms with Gasteiger partial charge in [0.2, 0.25) is 5.95 Å². The molecule has 7 heteroatoms. The topological polar surface area (TPSA) is 74.5 Å². The van der Waals surface area contributed by atoms with Crippen LogP contribution >= 0.6 is 0 Å². The normalized spacial score (nSPS) is 15.4.